The lowest BCUT2D eigenvalue weighted by Gasteiger charge is -2.04. The number of anilines is 1. The number of aromatic nitrogens is 2. The Morgan fingerprint density at radius 1 is 1.38 bits per heavy atom. The zero-order chi connectivity index (χ0) is 15.2. The van der Waals surface area contributed by atoms with Crippen LogP contribution in [0.25, 0.3) is 0 Å². The van der Waals surface area contributed by atoms with E-state index in [1.807, 2.05) is 24.3 Å². The molecule has 1 aromatic carbocycles. The van der Waals surface area contributed by atoms with E-state index in [0.29, 0.717) is 11.6 Å². The second-order valence-electron chi connectivity index (χ2n) is 4.89. The van der Waals surface area contributed by atoms with Crippen LogP contribution in [0.5, 0.6) is 0 Å². The molecule has 1 aromatic heterocycles. The Morgan fingerprint density at radius 2 is 2.10 bits per heavy atom. The largest absolute Gasteiger partial charge is 0.379 e. The Hall–Kier alpha value is -2.70. The summed E-state index contributed by atoms with van der Waals surface area (Å²) in [6.07, 6.45) is 1.55. The summed E-state index contributed by atoms with van der Waals surface area (Å²) in [5.41, 5.74) is 10.3. The van der Waals surface area contributed by atoms with E-state index in [2.05, 4.69) is 39.3 Å². The summed E-state index contributed by atoms with van der Waals surface area (Å²) in [5, 5.41) is 10.8. The Bertz CT molecular complexity index is 631. The molecule has 0 saturated carbocycles. The minimum absolute atomic E-state index is 0.0288. The third kappa shape index (κ3) is 4.13. The van der Waals surface area contributed by atoms with Gasteiger partial charge in [0.15, 0.2) is 5.82 Å². The molecule has 7 heteroatoms. The molecule has 0 unspecified atom stereocenters. The van der Waals surface area contributed by atoms with E-state index in [1.165, 1.54) is 5.56 Å². The molecular weight excluding hydrogens is 270 g/mol. The zero-order valence-corrected chi connectivity index (χ0v) is 11.9. The quantitative estimate of drug-likeness (QED) is 0.639. The van der Waals surface area contributed by atoms with Crippen molar-refractivity contribution in [1.82, 2.24) is 15.7 Å². The van der Waals surface area contributed by atoms with Gasteiger partial charge in [0.2, 0.25) is 5.91 Å². The first-order valence-corrected chi connectivity index (χ1v) is 6.55. The Labute approximate surface area is 122 Å². The number of carbonyl (C=O) groups is 1. The summed E-state index contributed by atoms with van der Waals surface area (Å²) < 4.78 is 4.41. The Morgan fingerprint density at radius 3 is 2.67 bits per heavy atom. The molecule has 1 amide bonds. The van der Waals surface area contributed by atoms with Crippen LogP contribution in [-0.4, -0.2) is 22.4 Å². The van der Waals surface area contributed by atoms with Gasteiger partial charge in [-0.1, -0.05) is 43.3 Å². The number of hydrazone groups is 1. The first-order chi connectivity index (χ1) is 10.1. The number of nitrogens with one attached hydrogen (secondary N) is 1. The Kier molecular flexibility index (Phi) is 4.65. The van der Waals surface area contributed by atoms with Crippen molar-refractivity contribution in [2.24, 2.45) is 5.10 Å². The van der Waals surface area contributed by atoms with Gasteiger partial charge >= 0.3 is 0 Å². The lowest BCUT2D eigenvalue weighted by molar-refractivity contribution is -0.120. The fourth-order valence-electron chi connectivity index (χ4n) is 1.67. The van der Waals surface area contributed by atoms with Gasteiger partial charge in [0.25, 0.3) is 0 Å². The van der Waals surface area contributed by atoms with Crippen LogP contribution >= 0.6 is 0 Å². The van der Waals surface area contributed by atoms with Crippen LogP contribution < -0.4 is 11.2 Å². The summed E-state index contributed by atoms with van der Waals surface area (Å²) in [5.74, 6) is 0.253. The maximum Gasteiger partial charge on any atom is 0.246 e. The lowest BCUT2D eigenvalue weighted by Crippen LogP contribution is -2.20. The SMILES string of the molecule is CC(C)c1ccc(C=NNC(=O)Cc2nonc2N)cc1. The number of amides is 1. The second-order valence-corrected chi connectivity index (χ2v) is 4.89. The molecule has 0 aliphatic heterocycles. The molecular formula is C14H17N5O2. The van der Waals surface area contributed by atoms with Crippen molar-refractivity contribution < 1.29 is 9.42 Å². The standard InChI is InChI=1S/C14H17N5O2/c1-9(2)11-5-3-10(4-6-11)8-16-17-13(20)7-12-14(15)19-21-18-12/h3-6,8-9H,7H2,1-2H3,(H2,15,19)(H,17,20). The number of nitrogens with zero attached hydrogens (tertiary/aromatic N) is 3. The minimum Gasteiger partial charge on any atom is -0.379 e. The highest BCUT2D eigenvalue weighted by molar-refractivity contribution is 5.83. The fraction of sp³-hybridized carbons (Fsp3) is 0.286. The summed E-state index contributed by atoms with van der Waals surface area (Å²) >= 11 is 0. The van der Waals surface area contributed by atoms with Crippen molar-refractivity contribution in [1.29, 1.82) is 0 Å². The monoisotopic (exact) mass is 287 g/mol. The number of nitrogens with two attached hydrogens (primary N) is 1. The molecule has 110 valence electrons. The van der Waals surface area contributed by atoms with Crippen LogP contribution in [0, 0.1) is 0 Å². The highest BCUT2D eigenvalue weighted by Gasteiger charge is 2.10. The average molecular weight is 287 g/mol. The third-order valence-electron chi connectivity index (χ3n) is 2.92. The van der Waals surface area contributed by atoms with Gasteiger partial charge in [-0.3, -0.25) is 4.79 Å². The first kappa shape index (κ1) is 14.7. The van der Waals surface area contributed by atoms with Crippen LogP contribution in [-0.2, 0) is 11.2 Å². The van der Waals surface area contributed by atoms with Gasteiger partial charge in [-0.25, -0.2) is 10.1 Å². The third-order valence-corrected chi connectivity index (χ3v) is 2.92. The number of hydrogen-bond acceptors (Lipinski definition) is 6. The van der Waals surface area contributed by atoms with Gasteiger partial charge in [0.1, 0.15) is 5.69 Å². The summed E-state index contributed by atoms with van der Waals surface area (Å²) in [6.45, 7) is 4.27. The lowest BCUT2D eigenvalue weighted by atomic mass is 10.0. The van der Waals surface area contributed by atoms with Crippen LogP contribution in [0.15, 0.2) is 34.0 Å². The van der Waals surface area contributed by atoms with Gasteiger partial charge in [0.05, 0.1) is 12.6 Å². The number of carbonyl (C=O) groups excluding carboxylic acids is 1. The van der Waals surface area contributed by atoms with Crippen molar-refractivity contribution in [2.75, 3.05) is 5.73 Å². The van der Waals surface area contributed by atoms with E-state index in [9.17, 15) is 4.79 Å². The summed E-state index contributed by atoms with van der Waals surface area (Å²) in [7, 11) is 0. The zero-order valence-electron chi connectivity index (χ0n) is 11.9. The number of rotatable bonds is 5. The molecule has 0 spiro atoms. The van der Waals surface area contributed by atoms with E-state index < -0.39 is 0 Å². The maximum absolute atomic E-state index is 11.6. The number of nitrogen functional groups attached to an aromatic ring is 1. The molecule has 0 aliphatic rings. The normalized spacial score (nSPS) is 11.2. The van der Waals surface area contributed by atoms with Gasteiger partial charge in [-0.05, 0) is 22.2 Å². The highest BCUT2D eigenvalue weighted by Crippen LogP contribution is 2.13. The second kappa shape index (κ2) is 6.65. The van der Waals surface area contributed by atoms with E-state index in [1.54, 1.807) is 6.21 Å². The van der Waals surface area contributed by atoms with E-state index in [4.69, 9.17) is 5.73 Å². The smallest absolute Gasteiger partial charge is 0.246 e. The fourth-order valence-corrected chi connectivity index (χ4v) is 1.67. The van der Waals surface area contributed by atoms with Crippen molar-refractivity contribution in [3.63, 3.8) is 0 Å². The topological polar surface area (TPSA) is 106 Å². The van der Waals surface area contributed by atoms with Gasteiger partial charge in [0, 0.05) is 0 Å². The predicted molar refractivity (Wildman–Crippen MR) is 78.7 cm³/mol. The van der Waals surface area contributed by atoms with Crippen molar-refractivity contribution in [2.45, 2.75) is 26.2 Å². The van der Waals surface area contributed by atoms with Crippen LogP contribution in [0.3, 0.4) is 0 Å². The summed E-state index contributed by atoms with van der Waals surface area (Å²) in [4.78, 5) is 11.6. The van der Waals surface area contributed by atoms with Crippen molar-refractivity contribution in [3.05, 3.63) is 41.1 Å². The molecule has 0 saturated heterocycles. The molecule has 1 heterocycles. The molecule has 2 rings (SSSR count). The van der Waals surface area contributed by atoms with E-state index in [-0.39, 0.29) is 18.1 Å². The molecule has 2 aromatic rings. The number of benzene rings is 1. The molecule has 3 N–H and O–H groups in total. The van der Waals surface area contributed by atoms with Crippen LogP contribution in [0.4, 0.5) is 5.82 Å². The molecule has 0 radical (unpaired) electrons. The van der Waals surface area contributed by atoms with Gasteiger partial charge in [-0.2, -0.15) is 5.10 Å². The van der Waals surface area contributed by atoms with E-state index >= 15 is 0 Å². The summed E-state index contributed by atoms with van der Waals surface area (Å²) in [6, 6.07) is 7.97. The molecule has 0 fully saturated rings. The minimum atomic E-state index is -0.340. The molecule has 21 heavy (non-hydrogen) atoms. The predicted octanol–water partition coefficient (Wildman–Crippen LogP) is 1.47. The van der Waals surface area contributed by atoms with Gasteiger partial charge < -0.3 is 5.73 Å². The van der Waals surface area contributed by atoms with Crippen LogP contribution in [0.1, 0.15) is 36.6 Å². The highest BCUT2D eigenvalue weighted by atomic mass is 16.6. The van der Waals surface area contributed by atoms with Crippen molar-refractivity contribution in [3.8, 4) is 0 Å². The first-order valence-electron chi connectivity index (χ1n) is 6.55. The van der Waals surface area contributed by atoms with E-state index in [0.717, 1.165) is 5.56 Å². The average Bonchev–Trinajstić information content (AvgIpc) is 2.85. The van der Waals surface area contributed by atoms with Crippen molar-refractivity contribution >= 4 is 17.9 Å². The molecule has 0 bridgehead atoms. The van der Waals surface area contributed by atoms with Crippen LogP contribution in [0.2, 0.25) is 0 Å². The van der Waals surface area contributed by atoms with Gasteiger partial charge in [-0.15, -0.1) is 0 Å². The molecule has 0 aliphatic carbocycles. The Balaban J connectivity index is 1.87. The maximum atomic E-state index is 11.6. The number of hydrogen-bond donors (Lipinski definition) is 2. The molecule has 7 nitrogen and oxygen atoms in total. The molecule has 0 atom stereocenters.